The summed E-state index contributed by atoms with van der Waals surface area (Å²) < 4.78 is 0. The van der Waals surface area contributed by atoms with Crippen molar-refractivity contribution in [2.45, 2.75) is 33.7 Å². The molecule has 2 heteroatoms. The van der Waals surface area contributed by atoms with Crippen LogP contribution in [0.1, 0.15) is 25.0 Å². The van der Waals surface area contributed by atoms with E-state index in [9.17, 15) is 0 Å². The summed E-state index contributed by atoms with van der Waals surface area (Å²) in [5, 5.41) is 0. The van der Waals surface area contributed by atoms with Gasteiger partial charge in [-0.1, -0.05) is 24.6 Å². The number of hydrogen-bond acceptors (Lipinski definition) is 2. The third-order valence-corrected chi connectivity index (χ3v) is 3.22. The molecule has 0 bridgehead atoms. The van der Waals surface area contributed by atoms with Crippen LogP contribution in [0.25, 0.3) is 0 Å². The Labute approximate surface area is 99.5 Å². The molecular formula is C14H24N2. The van der Waals surface area contributed by atoms with Gasteiger partial charge in [0, 0.05) is 25.3 Å². The topological polar surface area (TPSA) is 29.3 Å². The van der Waals surface area contributed by atoms with E-state index in [-0.39, 0.29) is 6.04 Å². The van der Waals surface area contributed by atoms with Gasteiger partial charge in [-0.3, -0.25) is 0 Å². The second-order valence-electron chi connectivity index (χ2n) is 5.01. The third kappa shape index (κ3) is 3.24. The normalized spacial score (nSPS) is 14.6. The smallest absolute Gasteiger partial charge is 0.0393 e. The summed E-state index contributed by atoms with van der Waals surface area (Å²) >= 11 is 0. The summed E-state index contributed by atoms with van der Waals surface area (Å²) in [5.74, 6) is 0.505. The van der Waals surface area contributed by atoms with Gasteiger partial charge in [-0.2, -0.15) is 0 Å². The van der Waals surface area contributed by atoms with E-state index in [0.29, 0.717) is 5.92 Å². The standard InChI is InChI=1S/C14H24N2/c1-10-6-7-14(11(2)8-10)16(5)9-12(3)13(4)15/h6-8,12-13H,9,15H2,1-5H3. The van der Waals surface area contributed by atoms with Crippen molar-refractivity contribution in [1.29, 1.82) is 0 Å². The lowest BCUT2D eigenvalue weighted by Gasteiger charge is -2.27. The van der Waals surface area contributed by atoms with Crippen LogP contribution in [0.3, 0.4) is 0 Å². The van der Waals surface area contributed by atoms with Gasteiger partial charge in [-0.15, -0.1) is 0 Å². The lowest BCUT2D eigenvalue weighted by Crippen LogP contribution is -2.34. The molecule has 1 aromatic rings. The molecular weight excluding hydrogens is 196 g/mol. The molecule has 90 valence electrons. The van der Waals surface area contributed by atoms with Crippen LogP contribution in [0.15, 0.2) is 18.2 Å². The molecule has 0 radical (unpaired) electrons. The molecule has 0 aromatic heterocycles. The number of anilines is 1. The Bertz CT molecular complexity index is 345. The first-order chi connectivity index (χ1) is 7.41. The molecule has 0 heterocycles. The molecule has 16 heavy (non-hydrogen) atoms. The van der Waals surface area contributed by atoms with Crippen LogP contribution in [0, 0.1) is 19.8 Å². The highest BCUT2D eigenvalue weighted by Crippen LogP contribution is 2.21. The zero-order valence-electron chi connectivity index (χ0n) is 11.1. The Morgan fingerprint density at radius 1 is 1.25 bits per heavy atom. The largest absolute Gasteiger partial charge is 0.374 e. The van der Waals surface area contributed by atoms with Crippen molar-refractivity contribution in [1.82, 2.24) is 0 Å². The number of nitrogens with zero attached hydrogens (tertiary/aromatic N) is 1. The van der Waals surface area contributed by atoms with Crippen molar-refractivity contribution in [3.05, 3.63) is 29.3 Å². The van der Waals surface area contributed by atoms with Gasteiger partial charge >= 0.3 is 0 Å². The highest BCUT2D eigenvalue weighted by molar-refractivity contribution is 5.53. The first-order valence-corrected chi connectivity index (χ1v) is 5.95. The molecule has 0 fully saturated rings. The number of nitrogens with two attached hydrogens (primary N) is 1. The Hall–Kier alpha value is -1.02. The van der Waals surface area contributed by atoms with Gasteiger partial charge in [0.25, 0.3) is 0 Å². The summed E-state index contributed by atoms with van der Waals surface area (Å²) in [4.78, 5) is 2.29. The third-order valence-electron chi connectivity index (χ3n) is 3.22. The van der Waals surface area contributed by atoms with E-state index in [0.717, 1.165) is 6.54 Å². The average Bonchev–Trinajstić information content (AvgIpc) is 2.16. The van der Waals surface area contributed by atoms with E-state index in [1.807, 2.05) is 0 Å². The van der Waals surface area contributed by atoms with E-state index in [4.69, 9.17) is 5.73 Å². The molecule has 2 unspecified atom stereocenters. The van der Waals surface area contributed by atoms with Gasteiger partial charge in [-0.05, 0) is 38.3 Å². The summed E-state index contributed by atoms with van der Waals surface area (Å²) in [6.07, 6.45) is 0. The van der Waals surface area contributed by atoms with E-state index in [1.165, 1.54) is 16.8 Å². The number of aryl methyl sites for hydroxylation is 2. The van der Waals surface area contributed by atoms with Crippen LogP contribution in [-0.4, -0.2) is 19.6 Å². The lowest BCUT2D eigenvalue weighted by atomic mass is 10.0. The zero-order valence-corrected chi connectivity index (χ0v) is 11.1. The van der Waals surface area contributed by atoms with Gasteiger partial charge in [0.1, 0.15) is 0 Å². The summed E-state index contributed by atoms with van der Waals surface area (Å²) in [6.45, 7) is 9.56. The average molecular weight is 220 g/mol. The van der Waals surface area contributed by atoms with Crippen LogP contribution >= 0.6 is 0 Å². The lowest BCUT2D eigenvalue weighted by molar-refractivity contribution is 0.485. The van der Waals surface area contributed by atoms with Gasteiger partial charge in [0.2, 0.25) is 0 Å². The minimum Gasteiger partial charge on any atom is -0.374 e. The van der Waals surface area contributed by atoms with Gasteiger partial charge in [0.15, 0.2) is 0 Å². The second-order valence-corrected chi connectivity index (χ2v) is 5.01. The van der Waals surface area contributed by atoms with Crippen molar-refractivity contribution in [2.24, 2.45) is 11.7 Å². The van der Waals surface area contributed by atoms with Crippen LogP contribution in [0.2, 0.25) is 0 Å². The zero-order chi connectivity index (χ0) is 12.3. The van der Waals surface area contributed by atoms with Gasteiger partial charge in [-0.25, -0.2) is 0 Å². The maximum Gasteiger partial charge on any atom is 0.0393 e. The summed E-state index contributed by atoms with van der Waals surface area (Å²) in [5.41, 5.74) is 9.85. The molecule has 0 spiro atoms. The fourth-order valence-electron chi connectivity index (χ4n) is 1.93. The molecule has 2 nitrogen and oxygen atoms in total. The molecule has 0 saturated heterocycles. The van der Waals surface area contributed by atoms with Crippen molar-refractivity contribution in [2.75, 3.05) is 18.5 Å². The number of benzene rings is 1. The first-order valence-electron chi connectivity index (χ1n) is 5.95. The molecule has 1 rings (SSSR count). The van der Waals surface area contributed by atoms with Crippen LogP contribution < -0.4 is 10.6 Å². The van der Waals surface area contributed by atoms with E-state index in [2.05, 4.69) is 57.8 Å². The SMILES string of the molecule is Cc1ccc(N(C)CC(C)C(C)N)c(C)c1. The molecule has 0 saturated carbocycles. The van der Waals surface area contributed by atoms with Crippen LogP contribution in [0.4, 0.5) is 5.69 Å². The maximum atomic E-state index is 5.90. The van der Waals surface area contributed by atoms with Gasteiger partial charge < -0.3 is 10.6 Å². The Kier molecular flexibility index (Phi) is 4.36. The van der Waals surface area contributed by atoms with E-state index < -0.39 is 0 Å². The monoisotopic (exact) mass is 220 g/mol. The molecule has 0 amide bonds. The molecule has 0 aliphatic rings. The molecule has 2 N–H and O–H groups in total. The van der Waals surface area contributed by atoms with Gasteiger partial charge in [0.05, 0.1) is 0 Å². The molecule has 1 aromatic carbocycles. The quantitative estimate of drug-likeness (QED) is 0.845. The molecule has 0 aliphatic heterocycles. The van der Waals surface area contributed by atoms with Crippen molar-refractivity contribution < 1.29 is 0 Å². The maximum absolute atomic E-state index is 5.90. The highest BCUT2D eigenvalue weighted by atomic mass is 15.1. The molecule has 2 atom stereocenters. The Balaban J connectivity index is 2.76. The Morgan fingerprint density at radius 2 is 1.88 bits per heavy atom. The number of hydrogen-bond donors (Lipinski definition) is 1. The fourth-order valence-corrected chi connectivity index (χ4v) is 1.93. The van der Waals surface area contributed by atoms with Crippen molar-refractivity contribution >= 4 is 5.69 Å². The summed E-state index contributed by atoms with van der Waals surface area (Å²) in [7, 11) is 2.14. The number of rotatable bonds is 4. The van der Waals surface area contributed by atoms with E-state index in [1.54, 1.807) is 0 Å². The molecule has 0 aliphatic carbocycles. The van der Waals surface area contributed by atoms with Crippen molar-refractivity contribution in [3.8, 4) is 0 Å². The predicted molar refractivity (Wildman–Crippen MR) is 72.0 cm³/mol. The minimum atomic E-state index is 0.244. The fraction of sp³-hybridized carbons (Fsp3) is 0.571. The second kappa shape index (κ2) is 5.35. The van der Waals surface area contributed by atoms with Crippen LogP contribution in [-0.2, 0) is 0 Å². The highest BCUT2D eigenvalue weighted by Gasteiger charge is 2.12. The Morgan fingerprint density at radius 3 is 2.38 bits per heavy atom. The summed E-state index contributed by atoms with van der Waals surface area (Å²) in [6, 6.07) is 6.82. The van der Waals surface area contributed by atoms with Crippen LogP contribution in [0.5, 0.6) is 0 Å². The predicted octanol–water partition coefficient (Wildman–Crippen LogP) is 2.72. The minimum absolute atomic E-state index is 0.244. The van der Waals surface area contributed by atoms with Crippen molar-refractivity contribution in [3.63, 3.8) is 0 Å². The first kappa shape index (κ1) is 13.0. The van der Waals surface area contributed by atoms with E-state index >= 15 is 0 Å².